The minimum absolute atomic E-state index is 0.0982. The van der Waals surface area contributed by atoms with Crippen LogP contribution in [-0.4, -0.2) is 27.5 Å². The molecule has 0 bridgehead atoms. The van der Waals surface area contributed by atoms with Crippen LogP contribution in [0.25, 0.3) is 0 Å². The number of nitrogens with zero attached hydrogens (tertiary/aromatic N) is 1. The van der Waals surface area contributed by atoms with Gasteiger partial charge < -0.3 is 9.64 Å². The highest BCUT2D eigenvalue weighted by Crippen LogP contribution is 2.34. The summed E-state index contributed by atoms with van der Waals surface area (Å²) in [5.74, 6) is 0.292. The number of rotatable bonds is 3. The molecule has 2 aromatic rings. The predicted octanol–water partition coefficient (Wildman–Crippen LogP) is 3.16. The van der Waals surface area contributed by atoms with Crippen molar-refractivity contribution >= 4 is 27.3 Å². The van der Waals surface area contributed by atoms with Gasteiger partial charge in [-0.1, -0.05) is 17.7 Å². The van der Waals surface area contributed by atoms with Crippen molar-refractivity contribution in [3.63, 3.8) is 0 Å². The fourth-order valence-electron chi connectivity index (χ4n) is 3.23. The van der Waals surface area contributed by atoms with Crippen molar-refractivity contribution in [2.45, 2.75) is 32.6 Å². The fourth-order valence-corrected chi connectivity index (χ4v) is 4.45. The minimum Gasteiger partial charge on any atom is -0.489 e. The first-order chi connectivity index (χ1) is 12.2. The van der Waals surface area contributed by atoms with Crippen molar-refractivity contribution in [3.05, 3.63) is 47.0 Å². The van der Waals surface area contributed by atoms with E-state index in [1.165, 1.54) is 19.1 Å². The molecule has 3 rings (SSSR count). The van der Waals surface area contributed by atoms with E-state index in [4.69, 9.17) is 4.74 Å². The summed E-state index contributed by atoms with van der Waals surface area (Å²) in [5.41, 5.74) is 3.98. The number of nitrogens with one attached hydrogen (secondary N) is 1. The lowest BCUT2D eigenvalue weighted by Crippen LogP contribution is -2.36. The molecule has 138 valence electrons. The van der Waals surface area contributed by atoms with Crippen LogP contribution in [0.5, 0.6) is 5.75 Å². The lowest BCUT2D eigenvalue weighted by Gasteiger charge is -2.29. The van der Waals surface area contributed by atoms with Gasteiger partial charge >= 0.3 is 0 Å². The van der Waals surface area contributed by atoms with Gasteiger partial charge in [0.2, 0.25) is 5.91 Å². The van der Waals surface area contributed by atoms with Gasteiger partial charge in [0, 0.05) is 13.0 Å². The Balaban J connectivity index is 1.97. The van der Waals surface area contributed by atoms with E-state index in [2.05, 4.69) is 4.72 Å². The third-order valence-electron chi connectivity index (χ3n) is 4.40. The molecule has 1 amide bonds. The molecular weight excluding hydrogens is 352 g/mol. The van der Waals surface area contributed by atoms with Crippen LogP contribution in [0.1, 0.15) is 23.6 Å². The van der Waals surface area contributed by atoms with Crippen LogP contribution in [0, 0.1) is 20.8 Å². The van der Waals surface area contributed by atoms with Crippen molar-refractivity contribution in [3.8, 4) is 5.75 Å². The van der Waals surface area contributed by atoms with Gasteiger partial charge in [-0.3, -0.25) is 9.52 Å². The molecule has 0 aliphatic carbocycles. The lowest BCUT2D eigenvalue weighted by atomic mass is 10.1. The molecular formula is C19H22N2O4S. The molecule has 0 atom stereocenters. The van der Waals surface area contributed by atoms with Crippen LogP contribution >= 0.6 is 0 Å². The van der Waals surface area contributed by atoms with Crippen LogP contribution in [0.4, 0.5) is 11.4 Å². The number of ether oxygens (including phenoxy) is 1. The topological polar surface area (TPSA) is 75.7 Å². The number of amides is 1. The Morgan fingerprint density at radius 2 is 1.77 bits per heavy atom. The molecule has 0 aromatic heterocycles. The maximum Gasteiger partial charge on any atom is 0.262 e. The summed E-state index contributed by atoms with van der Waals surface area (Å²) in [4.78, 5) is 13.4. The zero-order valence-electron chi connectivity index (χ0n) is 15.3. The third-order valence-corrected chi connectivity index (χ3v) is 5.75. The first kappa shape index (κ1) is 18.3. The van der Waals surface area contributed by atoms with E-state index in [-0.39, 0.29) is 10.8 Å². The molecule has 1 aliphatic heterocycles. The maximum absolute atomic E-state index is 12.8. The van der Waals surface area contributed by atoms with E-state index < -0.39 is 10.0 Å². The number of benzene rings is 2. The Bertz CT molecular complexity index is 960. The highest BCUT2D eigenvalue weighted by Gasteiger charge is 2.24. The van der Waals surface area contributed by atoms with Gasteiger partial charge in [0.15, 0.2) is 0 Å². The molecule has 0 saturated carbocycles. The highest BCUT2D eigenvalue weighted by atomic mass is 32.2. The minimum atomic E-state index is -3.78. The summed E-state index contributed by atoms with van der Waals surface area (Å²) >= 11 is 0. The SMILES string of the molecule is CC(=O)N1CCOc2cc(S(=O)(=O)Nc3c(C)cc(C)cc3C)ccc21. The van der Waals surface area contributed by atoms with Crippen LogP contribution in [0.3, 0.4) is 0 Å². The third kappa shape index (κ3) is 3.39. The predicted molar refractivity (Wildman–Crippen MR) is 101 cm³/mol. The normalized spacial score (nSPS) is 13.8. The number of hydrogen-bond acceptors (Lipinski definition) is 4. The smallest absolute Gasteiger partial charge is 0.262 e. The molecule has 1 heterocycles. The average Bonchev–Trinajstić information content (AvgIpc) is 2.57. The van der Waals surface area contributed by atoms with E-state index in [1.807, 2.05) is 32.9 Å². The van der Waals surface area contributed by atoms with Gasteiger partial charge in [-0.15, -0.1) is 0 Å². The average molecular weight is 374 g/mol. The standard InChI is InChI=1S/C19H22N2O4S/c1-12-9-13(2)19(14(3)10-12)20-26(23,24)16-5-6-17-18(11-16)25-8-7-21(17)15(4)22/h5-6,9-11,20H,7-8H2,1-4H3. The van der Waals surface area contributed by atoms with Crippen LogP contribution < -0.4 is 14.4 Å². The second kappa shape index (κ2) is 6.64. The van der Waals surface area contributed by atoms with Gasteiger partial charge in [0.1, 0.15) is 12.4 Å². The number of fused-ring (bicyclic) bond motifs is 1. The molecule has 26 heavy (non-hydrogen) atoms. The second-order valence-corrected chi connectivity index (χ2v) is 8.21. The molecule has 0 unspecified atom stereocenters. The van der Waals surface area contributed by atoms with E-state index in [0.717, 1.165) is 16.7 Å². The number of anilines is 2. The number of sulfonamides is 1. The van der Waals surface area contributed by atoms with E-state index in [9.17, 15) is 13.2 Å². The largest absolute Gasteiger partial charge is 0.489 e. The van der Waals surface area contributed by atoms with Crippen molar-refractivity contribution in [2.24, 2.45) is 0 Å². The Hall–Kier alpha value is -2.54. The lowest BCUT2D eigenvalue weighted by molar-refractivity contribution is -0.116. The van der Waals surface area contributed by atoms with Gasteiger partial charge in [-0.25, -0.2) is 8.42 Å². The molecule has 7 heteroatoms. The number of carbonyl (C=O) groups is 1. The van der Waals surface area contributed by atoms with Crippen molar-refractivity contribution in [2.75, 3.05) is 22.8 Å². The molecule has 0 radical (unpaired) electrons. The molecule has 0 fully saturated rings. The second-order valence-electron chi connectivity index (χ2n) is 6.53. The summed E-state index contributed by atoms with van der Waals surface area (Å²) in [6, 6.07) is 8.44. The number of hydrogen-bond donors (Lipinski definition) is 1. The fraction of sp³-hybridized carbons (Fsp3) is 0.316. The monoisotopic (exact) mass is 374 g/mol. The molecule has 1 aliphatic rings. The molecule has 1 N–H and O–H groups in total. The van der Waals surface area contributed by atoms with Gasteiger partial charge in [0.05, 0.1) is 22.8 Å². The number of carbonyl (C=O) groups excluding carboxylic acids is 1. The van der Waals surface area contributed by atoms with Crippen molar-refractivity contribution in [1.82, 2.24) is 0 Å². The Labute approximate surface area is 153 Å². The zero-order valence-corrected chi connectivity index (χ0v) is 16.1. The Morgan fingerprint density at radius 3 is 2.38 bits per heavy atom. The van der Waals surface area contributed by atoms with Gasteiger partial charge in [-0.05, 0) is 44.0 Å². The molecule has 0 saturated heterocycles. The highest BCUT2D eigenvalue weighted by molar-refractivity contribution is 7.92. The zero-order chi connectivity index (χ0) is 19.1. The first-order valence-electron chi connectivity index (χ1n) is 8.34. The van der Waals surface area contributed by atoms with Crippen molar-refractivity contribution in [1.29, 1.82) is 0 Å². The Kier molecular flexibility index (Phi) is 4.66. The quantitative estimate of drug-likeness (QED) is 0.895. The van der Waals surface area contributed by atoms with Gasteiger partial charge in [-0.2, -0.15) is 0 Å². The van der Waals surface area contributed by atoms with Crippen LogP contribution in [0.2, 0.25) is 0 Å². The van der Waals surface area contributed by atoms with Gasteiger partial charge in [0.25, 0.3) is 10.0 Å². The van der Waals surface area contributed by atoms with E-state index in [1.54, 1.807) is 11.0 Å². The summed E-state index contributed by atoms with van der Waals surface area (Å²) in [6.45, 7) is 7.98. The molecule has 6 nitrogen and oxygen atoms in total. The maximum atomic E-state index is 12.8. The Morgan fingerprint density at radius 1 is 1.12 bits per heavy atom. The van der Waals surface area contributed by atoms with Crippen molar-refractivity contribution < 1.29 is 17.9 Å². The van der Waals surface area contributed by atoms with Crippen LogP contribution in [0.15, 0.2) is 35.2 Å². The summed E-state index contributed by atoms with van der Waals surface area (Å²) in [7, 11) is -3.78. The summed E-state index contributed by atoms with van der Waals surface area (Å²) in [6.07, 6.45) is 0. The summed E-state index contributed by atoms with van der Waals surface area (Å²) < 4.78 is 33.9. The molecule has 0 spiro atoms. The van der Waals surface area contributed by atoms with E-state index in [0.29, 0.717) is 30.3 Å². The number of aryl methyl sites for hydroxylation is 3. The summed E-state index contributed by atoms with van der Waals surface area (Å²) in [5, 5.41) is 0. The van der Waals surface area contributed by atoms with E-state index >= 15 is 0 Å². The first-order valence-corrected chi connectivity index (χ1v) is 9.83. The van der Waals surface area contributed by atoms with Crippen LogP contribution in [-0.2, 0) is 14.8 Å². The molecule has 2 aromatic carbocycles.